The lowest BCUT2D eigenvalue weighted by Crippen LogP contribution is -2.57. The van der Waals surface area contributed by atoms with Crippen LogP contribution in [0.25, 0.3) is 0 Å². The molecule has 1 saturated heterocycles. The first-order valence-electron chi connectivity index (χ1n) is 8.83. The van der Waals surface area contributed by atoms with E-state index in [2.05, 4.69) is 35.9 Å². The van der Waals surface area contributed by atoms with Crippen LogP contribution >= 0.6 is 0 Å². The summed E-state index contributed by atoms with van der Waals surface area (Å²) < 4.78 is 0. The second-order valence-corrected chi connectivity index (χ2v) is 7.83. The highest BCUT2D eigenvalue weighted by Gasteiger charge is 2.45. The van der Waals surface area contributed by atoms with Crippen LogP contribution in [0, 0.1) is 5.41 Å². The Balaban J connectivity index is 1.57. The molecule has 3 heteroatoms. The van der Waals surface area contributed by atoms with Crippen molar-refractivity contribution in [1.82, 2.24) is 15.1 Å². The second-order valence-electron chi connectivity index (χ2n) is 7.83. The summed E-state index contributed by atoms with van der Waals surface area (Å²) in [5.41, 5.74) is 0.466. The molecule has 0 amide bonds. The van der Waals surface area contributed by atoms with Gasteiger partial charge in [-0.15, -0.1) is 0 Å². The highest BCUT2D eigenvalue weighted by atomic mass is 15.3. The van der Waals surface area contributed by atoms with Crippen LogP contribution in [0.3, 0.4) is 0 Å². The maximum atomic E-state index is 3.86. The Kier molecular flexibility index (Phi) is 4.40. The number of nitrogens with one attached hydrogen (secondary N) is 1. The van der Waals surface area contributed by atoms with Crippen LogP contribution in [-0.4, -0.2) is 60.6 Å². The van der Waals surface area contributed by atoms with E-state index in [1.54, 1.807) is 0 Å². The molecule has 2 unspecified atom stereocenters. The van der Waals surface area contributed by atoms with Crippen LogP contribution in [0.4, 0.5) is 0 Å². The molecule has 0 aromatic carbocycles. The van der Waals surface area contributed by atoms with Gasteiger partial charge in [0.25, 0.3) is 0 Å². The zero-order chi connectivity index (χ0) is 14.2. The first-order valence-corrected chi connectivity index (χ1v) is 8.83. The third-order valence-electron chi connectivity index (χ3n) is 5.81. The highest BCUT2D eigenvalue weighted by molar-refractivity contribution is 5.02. The lowest BCUT2D eigenvalue weighted by atomic mass is 9.86. The molecule has 3 nitrogen and oxygen atoms in total. The second kappa shape index (κ2) is 5.94. The Morgan fingerprint density at radius 3 is 2.25 bits per heavy atom. The summed E-state index contributed by atoms with van der Waals surface area (Å²) >= 11 is 0. The van der Waals surface area contributed by atoms with E-state index in [4.69, 9.17) is 0 Å². The molecule has 20 heavy (non-hydrogen) atoms. The minimum Gasteiger partial charge on any atom is -0.312 e. The van der Waals surface area contributed by atoms with Crippen LogP contribution in [-0.2, 0) is 0 Å². The summed E-state index contributed by atoms with van der Waals surface area (Å²) in [5.74, 6) is 0. The minimum atomic E-state index is 0.466. The van der Waals surface area contributed by atoms with Crippen LogP contribution < -0.4 is 5.32 Å². The van der Waals surface area contributed by atoms with Gasteiger partial charge in [-0.05, 0) is 44.1 Å². The van der Waals surface area contributed by atoms with Crippen molar-refractivity contribution in [3.05, 3.63) is 0 Å². The van der Waals surface area contributed by atoms with Crippen molar-refractivity contribution >= 4 is 0 Å². The fraction of sp³-hybridized carbons (Fsp3) is 1.00. The smallest absolute Gasteiger partial charge is 0.0274 e. The number of hydrogen-bond donors (Lipinski definition) is 1. The molecule has 3 aliphatic rings. The third-order valence-corrected chi connectivity index (χ3v) is 5.81. The average molecular weight is 279 g/mol. The van der Waals surface area contributed by atoms with E-state index in [1.807, 2.05) is 0 Å². The van der Waals surface area contributed by atoms with Crippen molar-refractivity contribution < 1.29 is 0 Å². The van der Waals surface area contributed by atoms with Gasteiger partial charge in [0.2, 0.25) is 0 Å². The average Bonchev–Trinajstić information content (AvgIpc) is 3.23. The van der Waals surface area contributed by atoms with Gasteiger partial charge in [-0.25, -0.2) is 0 Å². The van der Waals surface area contributed by atoms with Gasteiger partial charge in [-0.3, -0.25) is 9.80 Å². The maximum absolute atomic E-state index is 3.86. The monoisotopic (exact) mass is 279 g/mol. The number of nitrogens with zero attached hydrogens (tertiary/aromatic N) is 2. The Bertz CT molecular complexity index is 316. The van der Waals surface area contributed by atoms with Crippen LogP contribution in [0.15, 0.2) is 0 Å². The van der Waals surface area contributed by atoms with E-state index in [9.17, 15) is 0 Å². The molecule has 2 saturated carbocycles. The summed E-state index contributed by atoms with van der Waals surface area (Å²) in [4.78, 5) is 5.52. The van der Waals surface area contributed by atoms with E-state index in [1.165, 1.54) is 64.8 Å². The van der Waals surface area contributed by atoms with Gasteiger partial charge in [0.15, 0.2) is 0 Å². The predicted octanol–water partition coefficient (Wildman–Crippen LogP) is 2.32. The van der Waals surface area contributed by atoms with Crippen molar-refractivity contribution in [2.24, 2.45) is 5.41 Å². The summed E-state index contributed by atoms with van der Waals surface area (Å²) in [5, 5.41) is 3.86. The minimum absolute atomic E-state index is 0.466. The zero-order valence-corrected chi connectivity index (χ0v) is 13.7. The van der Waals surface area contributed by atoms with Crippen molar-refractivity contribution in [2.45, 2.75) is 71.0 Å². The van der Waals surface area contributed by atoms with E-state index in [0.29, 0.717) is 11.5 Å². The van der Waals surface area contributed by atoms with Gasteiger partial charge >= 0.3 is 0 Å². The molecule has 1 aliphatic heterocycles. The first-order chi connectivity index (χ1) is 9.62. The van der Waals surface area contributed by atoms with Crippen molar-refractivity contribution in [2.75, 3.05) is 32.7 Å². The molecule has 3 rings (SSSR count). The van der Waals surface area contributed by atoms with Crippen molar-refractivity contribution in [3.63, 3.8) is 0 Å². The van der Waals surface area contributed by atoms with Crippen LogP contribution in [0.1, 0.15) is 52.9 Å². The number of hydrogen-bond acceptors (Lipinski definition) is 3. The van der Waals surface area contributed by atoms with E-state index >= 15 is 0 Å². The van der Waals surface area contributed by atoms with Gasteiger partial charge < -0.3 is 5.32 Å². The topological polar surface area (TPSA) is 18.5 Å². The maximum Gasteiger partial charge on any atom is 0.0274 e. The molecule has 0 aromatic heterocycles. The molecule has 0 aromatic rings. The normalized spacial score (nSPS) is 35.5. The predicted molar refractivity (Wildman–Crippen MR) is 85.1 cm³/mol. The molecule has 1 N–H and O–H groups in total. The van der Waals surface area contributed by atoms with Crippen molar-refractivity contribution in [3.8, 4) is 0 Å². The molecule has 2 atom stereocenters. The fourth-order valence-corrected chi connectivity index (χ4v) is 4.34. The Labute approximate surface area is 125 Å². The Morgan fingerprint density at radius 2 is 1.65 bits per heavy atom. The number of piperazine rings is 1. The Morgan fingerprint density at radius 1 is 1.00 bits per heavy atom. The molecule has 0 spiro atoms. The molecular weight excluding hydrogens is 246 g/mol. The zero-order valence-electron chi connectivity index (χ0n) is 13.7. The highest BCUT2D eigenvalue weighted by Crippen LogP contribution is 2.40. The molecule has 0 bridgehead atoms. The molecule has 1 heterocycles. The van der Waals surface area contributed by atoms with Gasteiger partial charge in [0.1, 0.15) is 0 Å². The lowest BCUT2D eigenvalue weighted by Gasteiger charge is -2.42. The fourth-order valence-electron chi connectivity index (χ4n) is 4.34. The molecule has 116 valence electrons. The van der Waals surface area contributed by atoms with Gasteiger partial charge in [-0.1, -0.05) is 20.8 Å². The SMILES string of the molecule is CCCNC1C(N2CCN(C3CC3)CC2)CCC1(C)C. The first kappa shape index (κ1) is 14.8. The van der Waals surface area contributed by atoms with Crippen molar-refractivity contribution in [1.29, 1.82) is 0 Å². The summed E-state index contributed by atoms with van der Waals surface area (Å²) in [6.07, 6.45) is 6.92. The van der Waals surface area contributed by atoms with E-state index in [0.717, 1.165) is 12.1 Å². The van der Waals surface area contributed by atoms with Gasteiger partial charge in [0.05, 0.1) is 0 Å². The van der Waals surface area contributed by atoms with Crippen LogP contribution in [0.5, 0.6) is 0 Å². The summed E-state index contributed by atoms with van der Waals surface area (Å²) in [6.45, 7) is 13.6. The third kappa shape index (κ3) is 3.05. The molecule has 2 aliphatic carbocycles. The standard InChI is InChI=1S/C17H33N3/c1-4-9-18-16-15(7-8-17(16,2)3)20-12-10-19(11-13-20)14-5-6-14/h14-16,18H,4-13H2,1-3H3. The molecule has 0 radical (unpaired) electrons. The van der Waals surface area contributed by atoms with Gasteiger partial charge in [0, 0.05) is 44.3 Å². The summed E-state index contributed by atoms with van der Waals surface area (Å²) in [7, 11) is 0. The molecule has 3 fully saturated rings. The largest absolute Gasteiger partial charge is 0.312 e. The van der Waals surface area contributed by atoms with E-state index < -0.39 is 0 Å². The van der Waals surface area contributed by atoms with E-state index in [-0.39, 0.29) is 0 Å². The quantitative estimate of drug-likeness (QED) is 0.833. The van der Waals surface area contributed by atoms with Gasteiger partial charge in [-0.2, -0.15) is 0 Å². The van der Waals surface area contributed by atoms with Crippen LogP contribution in [0.2, 0.25) is 0 Å². The number of rotatable bonds is 5. The Hall–Kier alpha value is -0.120. The summed E-state index contributed by atoms with van der Waals surface area (Å²) in [6, 6.07) is 2.42. The lowest BCUT2D eigenvalue weighted by molar-refractivity contribution is 0.0727. The molecular formula is C17H33N3.